The second-order valence-electron chi connectivity index (χ2n) is 3.36. The number of hydrogen-bond donors (Lipinski definition) is 3. The van der Waals surface area contributed by atoms with Crippen LogP contribution in [0.25, 0.3) is 0 Å². The zero-order chi connectivity index (χ0) is 11.4. The molecule has 0 saturated carbocycles. The molecule has 0 bridgehead atoms. The summed E-state index contributed by atoms with van der Waals surface area (Å²) in [5.74, 6) is 0.636. The fraction of sp³-hybridized carbons (Fsp3) is 0.0909. The van der Waals surface area contributed by atoms with E-state index < -0.39 is 0 Å². The standard InChI is InChI=1S/C11H11N3O2/c15-9-3-1-8(2-4-9)7-11(16)13-10-5-6-12-14-10/h1-6,15H,7H2,(H2,12,13,14,16). The fourth-order valence-corrected chi connectivity index (χ4v) is 1.32. The van der Waals surface area contributed by atoms with Crippen molar-refractivity contribution < 1.29 is 9.90 Å². The van der Waals surface area contributed by atoms with E-state index in [2.05, 4.69) is 15.5 Å². The molecule has 0 aliphatic rings. The third-order valence-corrected chi connectivity index (χ3v) is 2.08. The van der Waals surface area contributed by atoms with Crippen molar-refractivity contribution in [2.24, 2.45) is 0 Å². The molecule has 0 atom stereocenters. The summed E-state index contributed by atoms with van der Waals surface area (Å²) in [6.45, 7) is 0. The van der Waals surface area contributed by atoms with Crippen LogP contribution in [0.2, 0.25) is 0 Å². The fourth-order valence-electron chi connectivity index (χ4n) is 1.32. The molecule has 3 N–H and O–H groups in total. The highest BCUT2D eigenvalue weighted by atomic mass is 16.3. The summed E-state index contributed by atoms with van der Waals surface area (Å²) in [5.41, 5.74) is 0.842. The van der Waals surface area contributed by atoms with Gasteiger partial charge in [0.1, 0.15) is 11.6 Å². The molecule has 5 heteroatoms. The van der Waals surface area contributed by atoms with E-state index >= 15 is 0 Å². The van der Waals surface area contributed by atoms with Crippen molar-refractivity contribution in [2.45, 2.75) is 6.42 Å². The van der Waals surface area contributed by atoms with E-state index in [4.69, 9.17) is 5.11 Å². The van der Waals surface area contributed by atoms with Gasteiger partial charge < -0.3 is 10.4 Å². The first-order valence-electron chi connectivity index (χ1n) is 4.81. The third-order valence-electron chi connectivity index (χ3n) is 2.08. The van der Waals surface area contributed by atoms with Crippen molar-refractivity contribution in [2.75, 3.05) is 5.32 Å². The SMILES string of the molecule is O=C(Cc1ccc(O)cc1)Nc1ccn[nH]1. The van der Waals surface area contributed by atoms with Crippen LogP contribution in [0.4, 0.5) is 5.82 Å². The summed E-state index contributed by atoms with van der Waals surface area (Å²) in [4.78, 5) is 11.5. The number of aromatic hydroxyl groups is 1. The van der Waals surface area contributed by atoms with Crippen molar-refractivity contribution in [3.05, 3.63) is 42.1 Å². The zero-order valence-corrected chi connectivity index (χ0v) is 8.47. The molecule has 1 aromatic carbocycles. The number of benzene rings is 1. The molecule has 2 aromatic rings. The van der Waals surface area contributed by atoms with Gasteiger partial charge >= 0.3 is 0 Å². The Labute approximate surface area is 92.1 Å². The predicted molar refractivity (Wildman–Crippen MR) is 59.0 cm³/mol. The van der Waals surface area contributed by atoms with Crippen molar-refractivity contribution >= 4 is 11.7 Å². The number of carbonyl (C=O) groups is 1. The number of nitrogens with one attached hydrogen (secondary N) is 2. The predicted octanol–water partition coefficient (Wildman–Crippen LogP) is 1.30. The topological polar surface area (TPSA) is 78.0 Å². The molecule has 1 amide bonds. The van der Waals surface area contributed by atoms with E-state index in [0.717, 1.165) is 5.56 Å². The van der Waals surface area contributed by atoms with Crippen LogP contribution >= 0.6 is 0 Å². The molecule has 82 valence electrons. The van der Waals surface area contributed by atoms with Gasteiger partial charge in [-0.2, -0.15) is 5.10 Å². The maximum atomic E-state index is 11.5. The first-order valence-corrected chi connectivity index (χ1v) is 4.81. The van der Waals surface area contributed by atoms with Crippen molar-refractivity contribution in [3.63, 3.8) is 0 Å². The van der Waals surface area contributed by atoms with Gasteiger partial charge in [0, 0.05) is 6.07 Å². The van der Waals surface area contributed by atoms with Crippen molar-refractivity contribution in [1.82, 2.24) is 10.2 Å². The lowest BCUT2D eigenvalue weighted by Gasteiger charge is -2.02. The summed E-state index contributed by atoms with van der Waals surface area (Å²) >= 11 is 0. The Balaban J connectivity index is 1.95. The van der Waals surface area contributed by atoms with Gasteiger partial charge in [0.15, 0.2) is 0 Å². The van der Waals surface area contributed by atoms with Gasteiger partial charge in [-0.15, -0.1) is 0 Å². The number of phenolic OH excluding ortho intramolecular Hbond substituents is 1. The smallest absolute Gasteiger partial charge is 0.229 e. The molecule has 0 aliphatic carbocycles. The number of anilines is 1. The lowest BCUT2D eigenvalue weighted by molar-refractivity contribution is -0.115. The molecular formula is C11H11N3O2. The number of hydrogen-bond acceptors (Lipinski definition) is 3. The van der Waals surface area contributed by atoms with Gasteiger partial charge in [0.25, 0.3) is 0 Å². The molecule has 0 unspecified atom stereocenters. The van der Waals surface area contributed by atoms with Gasteiger partial charge in [-0.25, -0.2) is 0 Å². The molecule has 0 spiro atoms. The van der Waals surface area contributed by atoms with E-state index in [1.807, 2.05) is 0 Å². The first kappa shape index (κ1) is 10.2. The van der Waals surface area contributed by atoms with Gasteiger partial charge in [0.05, 0.1) is 12.6 Å². The molecule has 0 saturated heterocycles. The number of H-pyrrole nitrogens is 1. The number of rotatable bonds is 3. The van der Waals surface area contributed by atoms with Gasteiger partial charge in [-0.05, 0) is 17.7 Å². The first-order chi connectivity index (χ1) is 7.74. The van der Waals surface area contributed by atoms with Gasteiger partial charge in [-0.1, -0.05) is 12.1 Å². The average molecular weight is 217 g/mol. The zero-order valence-electron chi connectivity index (χ0n) is 8.47. The monoisotopic (exact) mass is 217 g/mol. The van der Waals surface area contributed by atoms with Crippen LogP contribution in [0.5, 0.6) is 5.75 Å². The van der Waals surface area contributed by atoms with Crippen molar-refractivity contribution in [3.8, 4) is 5.75 Å². The minimum Gasteiger partial charge on any atom is -0.508 e. The molecule has 16 heavy (non-hydrogen) atoms. The molecule has 0 aliphatic heterocycles. The average Bonchev–Trinajstić information content (AvgIpc) is 2.74. The molecular weight excluding hydrogens is 206 g/mol. The van der Waals surface area contributed by atoms with Gasteiger partial charge in [-0.3, -0.25) is 9.89 Å². The highest BCUT2D eigenvalue weighted by Crippen LogP contribution is 2.10. The van der Waals surface area contributed by atoms with Crippen LogP contribution in [-0.2, 0) is 11.2 Å². The van der Waals surface area contributed by atoms with Crippen LogP contribution in [0.1, 0.15) is 5.56 Å². The largest absolute Gasteiger partial charge is 0.508 e. The third kappa shape index (κ3) is 2.60. The van der Waals surface area contributed by atoms with Crippen LogP contribution in [0, 0.1) is 0 Å². The minimum absolute atomic E-state index is 0.130. The summed E-state index contributed by atoms with van der Waals surface area (Å²) < 4.78 is 0. The lowest BCUT2D eigenvalue weighted by Crippen LogP contribution is -2.14. The number of aromatic nitrogens is 2. The summed E-state index contributed by atoms with van der Waals surface area (Å²) in [7, 11) is 0. The Morgan fingerprint density at radius 1 is 1.31 bits per heavy atom. The number of nitrogens with zero attached hydrogens (tertiary/aromatic N) is 1. The Kier molecular flexibility index (Phi) is 2.86. The Bertz CT molecular complexity index is 462. The van der Waals surface area contributed by atoms with Crippen LogP contribution in [0.3, 0.4) is 0 Å². The molecule has 5 nitrogen and oxygen atoms in total. The van der Waals surface area contributed by atoms with E-state index in [1.165, 1.54) is 0 Å². The summed E-state index contributed by atoms with van der Waals surface area (Å²) in [6, 6.07) is 8.20. The number of carbonyl (C=O) groups excluding carboxylic acids is 1. The molecule has 1 heterocycles. The maximum absolute atomic E-state index is 11.5. The van der Waals surface area contributed by atoms with E-state index in [0.29, 0.717) is 5.82 Å². The maximum Gasteiger partial charge on any atom is 0.229 e. The Hall–Kier alpha value is -2.30. The lowest BCUT2D eigenvalue weighted by atomic mass is 10.1. The van der Waals surface area contributed by atoms with E-state index in [-0.39, 0.29) is 18.1 Å². The molecule has 1 aromatic heterocycles. The van der Waals surface area contributed by atoms with E-state index in [9.17, 15) is 4.79 Å². The van der Waals surface area contributed by atoms with E-state index in [1.54, 1.807) is 36.5 Å². The highest BCUT2D eigenvalue weighted by molar-refractivity contribution is 5.91. The molecule has 0 radical (unpaired) electrons. The van der Waals surface area contributed by atoms with Crippen LogP contribution in [0.15, 0.2) is 36.5 Å². The van der Waals surface area contributed by atoms with Crippen LogP contribution < -0.4 is 5.32 Å². The Morgan fingerprint density at radius 2 is 2.06 bits per heavy atom. The summed E-state index contributed by atoms with van der Waals surface area (Å²) in [5, 5.41) is 18.1. The second-order valence-corrected chi connectivity index (χ2v) is 3.36. The van der Waals surface area contributed by atoms with Crippen molar-refractivity contribution in [1.29, 1.82) is 0 Å². The van der Waals surface area contributed by atoms with Crippen LogP contribution in [-0.4, -0.2) is 21.2 Å². The van der Waals surface area contributed by atoms with Gasteiger partial charge in [0.2, 0.25) is 5.91 Å². The molecule has 2 rings (SSSR count). The normalized spacial score (nSPS) is 10.0. The number of aromatic amines is 1. The Morgan fingerprint density at radius 3 is 2.69 bits per heavy atom. The minimum atomic E-state index is -0.130. The second kappa shape index (κ2) is 4.48. The highest BCUT2D eigenvalue weighted by Gasteiger charge is 2.04. The summed E-state index contributed by atoms with van der Waals surface area (Å²) in [6.07, 6.45) is 1.83. The quantitative estimate of drug-likeness (QED) is 0.725. The number of amides is 1. The number of phenols is 1. The molecule has 0 fully saturated rings.